The van der Waals surface area contributed by atoms with E-state index >= 15 is 0 Å². The number of aliphatic hydroxyl groups excluding tert-OH is 2. The van der Waals surface area contributed by atoms with Crippen LogP contribution in [-0.2, 0) is 6.54 Å². The van der Waals surface area contributed by atoms with Crippen molar-refractivity contribution in [2.75, 3.05) is 19.7 Å². The summed E-state index contributed by atoms with van der Waals surface area (Å²) in [6, 6.07) is 0. The van der Waals surface area contributed by atoms with Gasteiger partial charge in [-0.1, -0.05) is 36.5 Å². The standard InChI is InChI=1S/C15H22Cl2N2O2/c1-2-4-15(10-20)9-19(5-3-14(15)21)8-11-12(16)6-18-7-13(11)17/h6-7,14,20-21H,2-5,8-10H2,1H3/t14-,15-/m0/s1. The summed E-state index contributed by atoms with van der Waals surface area (Å²) in [5.41, 5.74) is 0.409. The first-order chi connectivity index (χ1) is 10.0. The molecule has 0 saturated carbocycles. The van der Waals surface area contributed by atoms with Gasteiger partial charge in [-0.25, -0.2) is 0 Å². The van der Waals surface area contributed by atoms with Crippen LogP contribution < -0.4 is 0 Å². The molecule has 0 aliphatic carbocycles. The number of halogens is 2. The summed E-state index contributed by atoms with van der Waals surface area (Å²) >= 11 is 12.3. The van der Waals surface area contributed by atoms with Gasteiger partial charge in [0, 0.05) is 43.0 Å². The lowest BCUT2D eigenvalue weighted by molar-refractivity contribution is -0.0819. The van der Waals surface area contributed by atoms with Gasteiger partial charge in [-0.15, -0.1) is 0 Å². The molecule has 2 atom stereocenters. The number of likely N-dealkylation sites (tertiary alicyclic amines) is 1. The van der Waals surface area contributed by atoms with E-state index < -0.39 is 11.5 Å². The Hall–Kier alpha value is -0.390. The van der Waals surface area contributed by atoms with Crippen molar-refractivity contribution < 1.29 is 10.2 Å². The fourth-order valence-electron chi connectivity index (χ4n) is 3.17. The third kappa shape index (κ3) is 3.69. The zero-order valence-electron chi connectivity index (χ0n) is 12.2. The fraction of sp³-hybridized carbons (Fsp3) is 0.667. The molecule has 2 heterocycles. The highest BCUT2D eigenvalue weighted by Crippen LogP contribution is 2.36. The Labute approximate surface area is 135 Å². The van der Waals surface area contributed by atoms with Crippen molar-refractivity contribution in [1.82, 2.24) is 9.88 Å². The largest absolute Gasteiger partial charge is 0.396 e. The number of aliphatic hydroxyl groups is 2. The fourth-order valence-corrected chi connectivity index (χ4v) is 3.65. The summed E-state index contributed by atoms with van der Waals surface area (Å²) in [6.07, 6.45) is 5.11. The first-order valence-electron chi connectivity index (χ1n) is 7.31. The van der Waals surface area contributed by atoms with Gasteiger partial charge in [0.15, 0.2) is 0 Å². The smallest absolute Gasteiger partial charge is 0.0649 e. The Balaban J connectivity index is 2.15. The molecule has 1 aliphatic heterocycles. The maximum atomic E-state index is 10.3. The minimum Gasteiger partial charge on any atom is -0.396 e. The lowest BCUT2D eigenvalue weighted by Gasteiger charge is -2.45. The zero-order valence-corrected chi connectivity index (χ0v) is 13.7. The highest BCUT2D eigenvalue weighted by molar-refractivity contribution is 6.35. The van der Waals surface area contributed by atoms with E-state index in [1.807, 2.05) is 0 Å². The van der Waals surface area contributed by atoms with Gasteiger partial charge in [-0.2, -0.15) is 0 Å². The van der Waals surface area contributed by atoms with Crippen molar-refractivity contribution in [1.29, 1.82) is 0 Å². The van der Waals surface area contributed by atoms with Gasteiger partial charge in [0.25, 0.3) is 0 Å². The maximum Gasteiger partial charge on any atom is 0.0649 e. The summed E-state index contributed by atoms with van der Waals surface area (Å²) in [4.78, 5) is 6.16. The third-order valence-corrected chi connectivity index (χ3v) is 5.01. The molecule has 0 bridgehead atoms. The quantitative estimate of drug-likeness (QED) is 0.870. The number of hydrogen-bond donors (Lipinski definition) is 2. The van der Waals surface area contributed by atoms with Crippen LogP contribution in [0.25, 0.3) is 0 Å². The molecule has 1 aliphatic rings. The van der Waals surface area contributed by atoms with Crippen LogP contribution in [0, 0.1) is 5.41 Å². The number of piperidine rings is 1. The van der Waals surface area contributed by atoms with Gasteiger partial charge in [0.05, 0.1) is 22.8 Å². The van der Waals surface area contributed by atoms with E-state index in [0.717, 1.165) is 24.9 Å². The van der Waals surface area contributed by atoms with E-state index in [2.05, 4.69) is 16.8 Å². The highest BCUT2D eigenvalue weighted by atomic mass is 35.5. The van der Waals surface area contributed by atoms with Crippen LogP contribution in [0.5, 0.6) is 0 Å². The molecule has 1 fully saturated rings. The van der Waals surface area contributed by atoms with Gasteiger partial charge in [-0.05, 0) is 12.8 Å². The van der Waals surface area contributed by atoms with E-state index in [1.54, 1.807) is 12.4 Å². The molecular formula is C15H22Cl2N2O2. The number of hydrogen-bond acceptors (Lipinski definition) is 4. The molecule has 0 unspecified atom stereocenters. The van der Waals surface area contributed by atoms with E-state index in [-0.39, 0.29) is 6.61 Å². The van der Waals surface area contributed by atoms with E-state index in [1.165, 1.54) is 0 Å². The minimum absolute atomic E-state index is 0.00365. The highest BCUT2D eigenvalue weighted by Gasteiger charge is 2.41. The Morgan fingerprint density at radius 2 is 2.05 bits per heavy atom. The number of aromatic nitrogens is 1. The van der Waals surface area contributed by atoms with Crippen LogP contribution in [0.15, 0.2) is 12.4 Å². The monoisotopic (exact) mass is 332 g/mol. The second-order valence-electron chi connectivity index (χ2n) is 5.87. The van der Waals surface area contributed by atoms with Crippen LogP contribution in [0.3, 0.4) is 0 Å². The molecule has 2 N–H and O–H groups in total. The second-order valence-corrected chi connectivity index (χ2v) is 6.68. The molecule has 1 aromatic rings. The summed E-state index contributed by atoms with van der Waals surface area (Å²) < 4.78 is 0. The van der Waals surface area contributed by atoms with Gasteiger partial charge < -0.3 is 10.2 Å². The summed E-state index contributed by atoms with van der Waals surface area (Å²) in [5.74, 6) is 0. The van der Waals surface area contributed by atoms with Crippen LogP contribution in [-0.4, -0.2) is 45.9 Å². The van der Waals surface area contributed by atoms with Crippen molar-refractivity contribution in [2.24, 2.45) is 5.41 Å². The summed E-state index contributed by atoms with van der Waals surface area (Å²) in [7, 11) is 0. The van der Waals surface area contributed by atoms with Gasteiger partial charge in [0.2, 0.25) is 0 Å². The van der Waals surface area contributed by atoms with Gasteiger partial charge in [0.1, 0.15) is 0 Å². The van der Waals surface area contributed by atoms with Crippen LogP contribution >= 0.6 is 23.2 Å². The van der Waals surface area contributed by atoms with Crippen molar-refractivity contribution in [3.63, 3.8) is 0 Å². The van der Waals surface area contributed by atoms with E-state index in [9.17, 15) is 10.2 Å². The van der Waals surface area contributed by atoms with Crippen molar-refractivity contribution in [3.8, 4) is 0 Å². The van der Waals surface area contributed by atoms with Gasteiger partial charge >= 0.3 is 0 Å². The number of pyridine rings is 1. The van der Waals surface area contributed by atoms with Crippen molar-refractivity contribution in [3.05, 3.63) is 28.0 Å². The predicted molar refractivity (Wildman–Crippen MR) is 84.6 cm³/mol. The summed E-state index contributed by atoms with van der Waals surface area (Å²) in [6.45, 7) is 4.09. The Morgan fingerprint density at radius 1 is 1.38 bits per heavy atom. The predicted octanol–water partition coefficient (Wildman–Crippen LogP) is 2.73. The number of nitrogens with zero attached hydrogens (tertiary/aromatic N) is 2. The van der Waals surface area contributed by atoms with Crippen molar-refractivity contribution in [2.45, 2.75) is 38.8 Å². The van der Waals surface area contributed by atoms with Crippen LogP contribution in [0.4, 0.5) is 0 Å². The average Bonchev–Trinajstić information content (AvgIpc) is 2.46. The molecule has 4 nitrogen and oxygen atoms in total. The van der Waals surface area contributed by atoms with E-state index in [0.29, 0.717) is 29.6 Å². The van der Waals surface area contributed by atoms with Crippen LogP contribution in [0.1, 0.15) is 31.7 Å². The van der Waals surface area contributed by atoms with E-state index in [4.69, 9.17) is 23.2 Å². The normalized spacial score (nSPS) is 27.0. The first-order valence-corrected chi connectivity index (χ1v) is 8.07. The Kier molecular flexibility index (Phi) is 5.86. The lowest BCUT2D eigenvalue weighted by Crippen LogP contribution is -2.53. The van der Waals surface area contributed by atoms with Crippen molar-refractivity contribution >= 4 is 23.2 Å². The summed E-state index contributed by atoms with van der Waals surface area (Å²) in [5, 5.41) is 21.2. The number of rotatable bonds is 5. The average molecular weight is 333 g/mol. The lowest BCUT2D eigenvalue weighted by atomic mass is 9.74. The van der Waals surface area contributed by atoms with Crippen LogP contribution in [0.2, 0.25) is 10.0 Å². The molecule has 118 valence electrons. The van der Waals surface area contributed by atoms with Gasteiger partial charge in [-0.3, -0.25) is 9.88 Å². The molecule has 1 saturated heterocycles. The molecule has 6 heteroatoms. The third-order valence-electron chi connectivity index (χ3n) is 4.36. The molecular weight excluding hydrogens is 311 g/mol. The topological polar surface area (TPSA) is 56.6 Å². The molecule has 0 spiro atoms. The molecule has 0 aromatic carbocycles. The maximum absolute atomic E-state index is 10.3. The first kappa shape index (κ1) is 17.0. The minimum atomic E-state index is -0.456. The molecule has 1 aromatic heterocycles. The molecule has 2 rings (SSSR count). The molecule has 0 amide bonds. The zero-order chi connectivity index (χ0) is 15.5. The second kappa shape index (κ2) is 7.25. The Bertz CT molecular complexity index is 466. The SMILES string of the molecule is CCC[C@@]1(CO)CN(Cc2c(Cl)cncc2Cl)CC[C@@H]1O. The Morgan fingerprint density at radius 3 is 2.62 bits per heavy atom. The molecule has 21 heavy (non-hydrogen) atoms. The molecule has 0 radical (unpaired) electrons.